The molecule has 1 aliphatic rings. The summed E-state index contributed by atoms with van der Waals surface area (Å²) in [6, 6.07) is 8.54. The molecular formula is C13H15NO. The molecule has 1 aromatic carbocycles. The molecule has 0 amide bonds. The second-order valence-corrected chi connectivity index (χ2v) is 3.78. The van der Waals surface area contributed by atoms with Gasteiger partial charge in [0, 0.05) is 18.0 Å². The van der Waals surface area contributed by atoms with E-state index in [1.807, 2.05) is 25.1 Å². The third-order valence-corrected chi connectivity index (χ3v) is 2.66. The molecule has 0 bridgehead atoms. The molecule has 2 atom stereocenters. The first-order chi connectivity index (χ1) is 7.31. The zero-order valence-corrected chi connectivity index (χ0v) is 8.86. The minimum Gasteiger partial charge on any atom is -0.493 e. The molecule has 0 saturated heterocycles. The van der Waals surface area contributed by atoms with Gasteiger partial charge in [-0.3, -0.25) is 5.32 Å². The van der Waals surface area contributed by atoms with Crippen LogP contribution in [-0.2, 0) is 0 Å². The molecule has 2 heteroatoms. The van der Waals surface area contributed by atoms with E-state index >= 15 is 0 Å². The van der Waals surface area contributed by atoms with Crippen molar-refractivity contribution in [1.29, 1.82) is 0 Å². The fourth-order valence-electron chi connectivity index (χ4n) is 1.87. The molecule has 0 fully saturated rings. The van der Waals surface area contributed by atoms with E-state index in [2.05, 4.69) is 17.3 Å². The minimum atomic E-state index is 0.0983. The number of hydrogen-bond donors (Lipinski definition) is 1. The van der Waals surface area contributed by atoms with Gasteiger partial charge in [-0.25, -0.2) is 0 Å². The van der Waals surface area contributed by atoms with Crippen LogP contribution in [0.1, 0.15) is 24.9 Å². The van der Waals surface area contributed by atoms with Crippen LogP contribution in [0.25, 0.3) is 0 Å². The van der Waals surface area contributed by atoms with E-state index < -0.39 is 0 Å². The van der Waals surface area contributed by atoms with Crippen molar-refractivity contribution in [3.8, 4) is 18.1 Å². The van der Waals surface area contributed by atoms with Crippen LogP contribution in [0.5, 0.6) is 5.75 Å². The molecule has 1 heterocycles. The van der Waals surface area contributed by atoms with Crippen LogP contribution < -0.4 is 10.1 Å². The van der Waals surface area contributed by atoms with Crippen molar-refractivity contribution in [2.24, 2.45) is 0 Å². The Bertz CT molecular complexity index is 380. The Morgan fingerprint density at radius 3 is 3.13 bits per heavy atom. The quantitative estimate of drug-likeness (QED) is 0.740. The lowest BCUT2D eigenvalue weighted by Gasteiger charge is -2.27. The van der Waals surface area contributed by atoms with Crippen LogP contribution in [0, 0.1) is 12.3 Å². The van der Waals surface area contributed by atoms with Gasteiger partial charge in [0.05, 0.1) is 12.6 Å². The van der Waals surface area contributed by atoms with Crippen LogP contribution >= 0.6 is 0 Å². The van der Waals surface area contributed by atoms with E-state index in [9.17, 15) is 0 Å². The summed E-state index contributed by atoms with van der Waals surface area (Å²) < 4.78 is 5.58. The van der Waals surface area contributed by atoms with Gasteiger partial charge in [-0.1, -0.05) is 24.1 Å². The van der Waals surface area contributed by atoms with Gasteiger partial charge in [-0.05, 0) is 13.0 Å². The van der Waals surface area contributed by atoms with Gasteiger partial charge < -0.3 is 4.74 Å². The van der Waals surface area contributed by atoms with Crippen molar-refractivity contribution in [3.05, 3.63) is 29.8 Å². The second kappa shape index (κ2) is 4.37. The summed E-state index contributed by atoms with van der Waals surface area (Å²) in [5.41, 5.74) is 1.21. The molecule has 0 aromatic heterocycles. The number of nitrogens with one attached hydrogen (secondary N) is 1. The standard InChI is InChI=1S/C13H15NO/c1-3-10(2)14-12-8-9-15-13-7-5-4-6-11(12)13/h1,4-7,10,12,14H,8-9H2,2H3. The van der Waals surface area contributed by atoms with E-state index in [0.717, 1.165) is 18.8 Å². The van der Waals surface area contributed by atoms with Crippen molar-refractivity contribution < 1.29 is 4.74 Å². The summed E-state index contributed by atoms with van der Waals surface area (Å²) >= 11 is 0. The highest BCUT2D eigenvalue weighted by Gasteiger charge is 2.21. The second-order valence-electron chi connectivity index (χ2n) is 3.78. The number of benzene rings is 1. The first-order valence-corrected chi connectivity index (χ1v) is 5.25. The molecule has 0 radical (unpaired) electrons. The zero-order valence-electron chi connectivity index (χ0n) is 8.86. The Morgan fingerprint density at radius 2 is 2.33 bits per heavy atom. The summed E-state index contributed by atoms with van der Waals surface area (Å²) in [4.78, 5) is 0. The molecule has 1 aromatic rings. The van der Waals surface area contributed by atoms with Crippen LogP contribution in [0.2, 0.25) is 0 Å². The van der Waals surface area contributed by atoms with Gasteiger partial charge in [0.2, 0.25) is 0 Å². The Balaban J connectivity index is 2.19. The maximum Gasteiger partial charge on any atom is 0.124 e. The first kappa shape index (κ1) is 10.1. The van der Waals surface area contributed by atoms with Crippen LogP contribution in [0.4, 0.5) is 0 Å². The van der Waals surface area contributed by atoms with Gasteiger partial charge in [0.1, 0.15) is 5.75 Å². The fraction of sp³-hybridized carbons (Fsp3) is 0.385. The molecule has 2 nitrogen and oxygen atoms in total. The highest BCUT2D eigenvalue weighted by Crippen LogP contribution is 2.31. The topological polar surface area (TPSA) is 21.3 Å². The number of terminal acetylenes is 1. The molecule has 15 heavy (non-hydrogen) atoms. The lowest BCUT2D eigenvalue weighted by atomic mass is 10.00. The molecule has 1 N–H and O–H groups in total. The van der Waals surface area contributed by atoms with Gasteiger partial charge in [-0.2, -0.15) is 0 Å². The lowest BCUT2D eigenvalue weighted by molar-refractivity contribution is 0.250. The van der Waals surface area contributed by atoms with Crippen molar-refractivity contribution in [2.75, 3.05) is 6.61 Å². The molecule has 0 aliphatic carbocycles. The number of fused-ring (bicyclic) bond motifs is 1. The van der Waals surface area contributed by atoms with Crippen LogP contribution in [0.15, 0.2) is 24.3 Å². The predicted octanol–water partition coefficient (Wildman–Crippen LogP) is 2.12. The third-order valence-electron chi connectivity index (χ3n) is 2.66. The van der Waals surface area contributed by atoms with Crippen molar-refractivity contribution in [2.45, 2.75) is 25.4 Å². The average molecular weight is 201 g/mol. The van der Waals surface area contributed by atoms with Crippen molar-refractivity contribution in [3.63, 3.8) is 0 Å². The average Bonchev–Trinajstić information content (AvgIpc) is 2.29. The van der Waals surface area contributed by atoms with E-state index in [0.29, 0.717) is 6.04 Å². The van der Waals surface area contributed by atoms with E-state index in [-0.39, 0.29) is 6.04 Å². The maximum atomic E-state index is 5.58. The molecule has 0 saturated carbocycles. The highest BCUT2D eigenvalue weighted by atomic mass is 16.5. The number of rotatable bonds is 2. The molecule has 78 valence electrons. The Labute approximate surface area is 90.6 Å². The Kier molecular flexibility index (Phi) is 2.94. The maximum absolute atomic E-state index is 5.58. The predicted molar refractivity (Wildman–Crippen MR) is 60.7 cm³/mol. The summed E-state index contributed by atoms with van der Waals surface area (Å²) in [5, 5.41) is 3.41. The smallest absolute Gasteiger partial charge is 0.124 e. The summed E-state index contributed by atoms with van der Waals surface area (Å²) in [6.07, 6.45) is 6.34. The Hall–Kier alpha value is -1.46. The molecule has 2 rings (SSSR count). The van der Waals surface area contributed by atoms with Gasteiger partial charge >= 0.3 is 0 Å². The van der Waals surface area contributed by atoms with E-state index in [1.165, 1.54) is 5.56 Å². The minimum absolute atomic E-state index is 0.0983. The fourth-order valence-corrected chi connectivity index (χ4v) is 1.87. The zero-order chi connectivity index (χ0) is 10.7. The first-order valence-electron chi connectivity index (χ1n) is 5.25. The SMILES string of the molecule is C#CC(C)NC1CCOc2ccccc21. The number of para-hydroxylation sites is 1. The lowest BCUT2D eigenvalue weighted by Crippen LogP contribution is -2.32. The third kappa shape index (κ3) is 2.14. The summed E-state index contributed by atoms with van der Waals surface area (Å²) in [7, 11) is 0. The van der Waals surface area contributed by atoms with Gasteiger partial charge in [-0.15, -0.1) is 6.42 Å². The normalized spacial score (nSPS) is 20.9. The van der Waals surface area contributed by atoms with Crippen molar-refractivity contribution >= 4 is 0 Å². The van der Waals surface area contributed by atoms with Gasteiger partial charge in [0.15, 0.2) is 0 Å². The van der Waals surface area contributed by atoms with E-state index in [4.69, 9.17) is 11.2 Å². The Morgan fingerprint density at radius 1 is 1.53 bits per heavy atom. The van der Waals surface area contributed by atoms with Crippen molar-refractivity contribution in [1.82, 2.24) is 5.32 Å². The molecular weight excluding hydrogens is 186 g/mol. The highest BCUT2D eigenvalue weighted by molar-refractivity contribution is 5.37. The largest absolute Gasteiger partial charge is 0.493 e. The molecule has 2 unspecified atom stereocenters. The number of ether oxygens (including phenoxy) is 1. The summed E-state index contributed by atoms with van der Waals surface area (Å²) in [6.45, 7) is 2.75. The van der Waals surface area contributed by atoms with Crippen LogP contribution in [-0.4, -0.2) is 12.6 Å². The van der Waals surface area contributed by atoms with E-state index in [1.54, 1.807) is 0 Å². The number of hydrogen-bond acceptors (Lipinski definition) is 2. The van der Waals surface area contributed by atoms with Crippen LogP contribution in [0.3, 0.4) is 0 Å². The summed E-state index contributed by atoms with van der Waals surface area (Å²) in [5.74, 6) is 3.67. The monoisotopic (exact) mass is 201 g/mol. The molecule has 1 aliphatic heterocycles. The molecule has 0 spiro atoms. The van der Waals surface area contributed by atoms with Gasteiger partial charge in [0.25, 0.3) is 0 Å².